The first kappa shape index (κ1) is 13.4. The molecule has 1 fully saturated rings. The van der Waals surface area contributed by atoms with E-state index in [1.54, 1.807) is 0 Å². The van der Waals surface area contributed by atoms with Crippen LogP contribution < -0.4 is 0 Å². The van der Waals surface area contributed by atoms with Gasteiger partial charge in [0.15, 0.2) is 0 Å². The van der Waals surface area contributed by atoms with E-state index in [-0.39, 0.29) is 16.9 Å². The molecule has 1 aromatic heterocycles. The smallest absolute Gasteiger partial charge is 0.312 e. The Morgan fingerprint density at radius 3 is 2.44 bits per heavy atom. The lowest BCUT2D eigenvalue weighted by atomic mass is 9.86. The number of alkyl halides is 2. The molecule has 1 heterocycles. The summed E-state index contributed by atoms with van der Waals surface area (Å²) < 4.78 is 33.3. The van der Waals surface area contributed by atoms with Crippen molar-refractivity contribution < 1.29 is 13.5 Å². The van der Waals surface area contributed by atoms with Crippen molar-refractivity contribution in [3.63, 3.8) is 0 Å². The number of rotatable bonds is 4. The quantitative estimate of drug-likeness (QED) is 0.812. The highest BCUT2D eigenvalue weighted by Crippen LogP contribution is 2.46. The van der Waals surface area contributed by atoms with Gasteiger partial charge in [-0.2, -0.15) is 8.78 Å². The molecule has 100 valence electrons. The summed E-state index contributed by atoms with van der Waals surface area (Å²) in [5, 5.41) is 0. The molecule has 2 nitrogen and oxygen atoms in total. The fourth-order valence-corrected chi connectivity index (χ4v) is 2.14. The Labute approximate surface area is 106 Å². The zero-order valence-electron chi connectivity index (χ0n) is 11.0. The highest BCUT2D eigenvalue weighted by Gasteiger charge is 2.46. The molecular weight excluding hydrogens is 236 g/mol. The second-order valence-electron chi connectivity index (χ2n) is 6.00. The average Bonchev–Trinajstić information content (AvgIpc) is 3.10. The Kier molecular flexibility index (Phi) is 3.41. The highest BCUT2D eigenvalue weighted by atomic mass is 19.3. The van der Waals surface area contributed by atoms with Gasteiger partial charge in [0, 0.05) is 12.4 Å². The Morgan fingerprint density at radius 1 is 1.33 bits per heavy atom. The van der Waals surface area contributed by atoms with E-state index in [0.717, 1.165) is 19.0 Å². The van der Waals surface area contributed by atoms with E-state index in [9.17, 15) is 8.78 Å². The van der Waals surface area contributed by atoms with Gasteiger partial charge in [-0.05, 0) is 36.3 Å². The summed E-state index contributed by atoms with van der Waals surface area (Å²) in [4.78, 5) is 3.72. The predicted octanol–water partition coefficient (Wildman–Crippen LogP) is 3.97. The van der Waals surface area contributed by atoms with Crippen molar-refractivity contribution in [3.8, 4) is 0 Å². The molecule has 0 spiro atoms. The third-order valence-electron chi connectivity index (χ3n) is 3.18. The molecular formula is C14H19F2NO. The molecule has 4 heteroatoms. The molecule has 1 aromatic rings. The number of halogens is 2. The zero-order chi connectivity index (χ0) is 13.4. The van der Waals surface area contributed by atoms with Gasteiger partial charge < -0.3 is 4.74 Å². The normalized spacial score (nSPS) is 18.7. The van der Waals surface area contributed by atoms with Crippen LogP contribution in [0, 0.1) is 11.3 Å². The van der Waals surface area contributed by atoms with Crippen LogP contribution in [0.25, 0.3) is 0 Å². The van der Waals surface area contributed by atoms with E-state index in [2.05, 4.69) is 4.98 Å². The minimum Gasteiger partial charge on any atom is -0.312 e. The van der Waals surface area contributed by atoms with Gasteiger partial charge >= 0.3 is 6.11 Å². The van der Waals surface area contributed by atoms with Crippen LogP contribution in [-0.4, -0.2) is 11.1 Å². The topological polar surface area (TPSA) is 22.1 Å². The molecule has 18 heavy (non-hydrogen) atoms. The summed E-state index contributed by atoms with van der Waals surface area (Å²) in [6.45, 7) is 5.82. The molecule has 2 rings (SSSR count). The third kappa shape index (κ3) is 3.05. The second kappa shape index (κ2) is 4.57. The molecule has 1 aliphatic carbocycles. The van der Waals surface area contributed by atoms with Crippen molar-refractivity contribution in [1.82, 2.24) is 4.98 Å². The van der Waals surface area contributed by atoms with Crippen molar-refractivity contribution in [1.29, 1.82) is 0 Å². The van der Waals surface area contributed by atoms with Gasteiger partial charge in [-0.1, -0.05) is 20.8 Å². The van der Waals surface area contributed by atoms with Crippen molar-refractivity contribution in [2.75, 3.05) is 0 Å². The Morgan fingerprint density at radius 2 is 2.00 bits per heavy atom. The van der Waals surface area contributed by atoms with Gasteiger partial charge in [-0.25, -0.2) is 0 Å². The number of hydrogen-bond acceptors (Lipinski definition) is 2. The number of hydrogen-bond donors (Lipinski definition) is 0. The lowest BCUT2D eigenvalue weighted by molar-refractivity contribution is -0.292. The van der Waals surface area contributed by atoms with E-state index in [1.807, 2.05) is 20.8 Å². The van der Waals surface area contributed by atoms with Gasteiger partial charge in [0.25, 0.3) is 0 Å². The monoisotopic (exact) mass is 255 g/mol. The first-order valence-electron chi connectivity index (χ1n) is 6.27. The predicted molar refractivity (Wildman–Crippen MR) is 65.2 cm³/mol. The summed E-state index contributed by atoms with van der Waals surface area (Å²) in [7, 11) is 0. The van der Waals surface area contributed by atoms with E-state index < -0.39 is 12.2 Å². The minimum atomic E-state index is -3.27. The largest absolute Gasteiger partial charge is 0.385 e. The van der Waals surface area contributed by atoms with Crippen LogP contribution in [0.4, 0.5) is 8.78 Å². The maximum Gasteiger partial charge on any atom is 0.385 e. The van der Waals surface area contributed by atoms with Gasteiger partial charge in [0.1, 0.15) is 0 Å². The van der Waals surface area contributed by atoms with Gasteiger partial charge in [0.2, 0.25) is 0 Å². The summed E-state index contributed by atoms with van der Waals surface area (Å²) in [5.74, 6) is 0.257. The van der Waals surface area contributed by atoms with E-state index >= 15 is 0 Å². The van der Waals surface area contributed by atoms with Crippen LogP contribution in [0.3, 0.4) is 0 Å². The van der Waals surface area contributed by atoms with E-state index in [0.29, 0.717) is 0 Å². The molecule has 0 saturated heterocycles. The molecule has 0 aliphatic heterocycles. The van der Waals surface area contributed by atoms with Gasteiger partial charge in [-0.15, -0.1) is 0 Å². The van der Waals surface area contributed by atoms with Crippen LogP contribution in [-0.2, 0) is 10.8 Å². The standard InChI is InChI=1S/C14H19F2NO/c1-13(2,3)12(10-6-7-10)18-14(15,16)11-5-4-8-17-9-11/h4-5,8-10,12H,6-7H2,1-3H3. The van der Waals surface area contributed by atoms with Crippen molar-refractivity contribution >= 4 is 0 Å². The van der Waals surface area contributed by atoms with Crippen molar-refractivity contribution in [2.24, 2.45) is 11.3 Å². The number of pyridine rings is 1. The van der Waals surface area contributed by atoms with Crippen LogP contribution in [0.1, 0.15) is 39.2 Å². The fraction of sp³-hybridized carbons (Fsp3) is 0.643. The third-order valence-corrected chi connectivity index (χ3v) is 3.18. The molecule has 1 atom stereocenters. The van der Waals surface area contributed by atoms with Crippen LogP contribution in [0.15, 0.2) is 24.5 Å². The maximum atomic E-state index is 14.1. The van der Waals surface area contributed by atoms with E-state index in [1.165, 1.54) is 18.3 Å². The molecule has 0 amide bonds. The molecule has 0 radical (unpaired) electrons. The van der Waals surface area contributed by atoms with Crippen molar-refractivity contribution in [3.05, 3.63) is 30.1 Å². The molecule has 1 unspecified atom stereocenters. The average molecular weight is 255 g/mol. The number of aromatic nitrogens is 1. The first-order chi connectivity index (χ1) is 8.31. The fourth-order valence-electron chi connectivity index (χ4n) is 2.14. The van der Waals surface area contributed by atoms with Gasteiger partial charge in [0.05, 0.1) is 11.7 Å². The Balaban J connectivity index is 2.15. The number of ether oxygens (including phenoxy) is 1. The molecule has 0 aromatic carbocycles. The Bertz CT molecular complexity index is 396. The molecule has 1 saturated carbocycles. The van der Waals surface area contributed by atoms with Crippen LogP contribution >= 0.6 is 0 Å². The molecule has 0 bridgehead atoms. The summed E-state index contributed by atoms with van der Waals surface area (Å²) >= 11 is 0. The minimum absolute atomic E-state index is 0.181. The maximum absolute atomic E-state index is 14.1. The van der Waals surface area contributed by atoms with Gasteiger partial charge in [-0.3, -0.25) is 4.98 Å². The second-order valence-corrected chi connectivity index (χ2v) is 6.00. The van der Waals surface area contributed by atoms with Crippen LogP contribution in [0.2, 0.25) is 0 Å². The summed E-state index contributed by atoms with van der Waals surface area (Å²) in [6.07, 6.45) is 0.895. The highest BCUT2D eigenvalue weighted by molar-refractivity contribution is 5.12. The van der Waals surface area contributed by atoms with Crippen LogP contribution in [0.5, 0.6) is 0 Å². The lowest BCUT2D eigenvalue weighted by Gasteiger charge is -2.34. The zero-order valence-corrected chi connectivity index (χ0v) is 11.0. The Hall–Kier alpha value is -1.03. The lowest BCUT2D eigenvalue weighted by Crippen LogP contribution is -2.37. The molecule has 1 aliphatic rings. The SMILES string of the molecule is CC(C)(C)C(OC(F)(F)c1cccnc1)C1CC1. The van der Waals surface area contributed by atoms with E-state index in [4.69, 9.17) is 4.74 Å². The summed E-state index contributed by atoms with van der Waals surface area (Å²) in [5.41, 5.74) is -0.466. The number of nitrogens with zero attached hydrogens (tertiary/aromatic N) is 1. The summed E-state index contributed by atoms with van der Waals surface area (Å²) in [6, 6.07) is 2.84. The molecule has 0 N–H and O–H groups in total. The first-order valence-corrected chi connectivity index (χ1v) is 6.27. The van der Waals surface area contributed by atoms with Crippen molar-refractivity contribution in [2.45, 2.75) is 45.8 Å².